The van der Waals surface area contributed by atoms with Gasteiger partial charge in [-0.25, -0.2) is 4.79 Å². The maximum Gasteiger partial charge on any atom is 0.338 e. The number of ether oxygens (including phenoxy) is 3. The summed E-state index contributed by atoms with van der Waals surface area (Å²) in [5, 5.41) is 0. The van der Waals surface area contributed by atoms with E-state index in [1.165, 1.54) is 0 Å². The van der Waals surface area contributed by atoms with E-state index in [9.17, 15) is 9.59 Å². The van der Waals surface area contributed by atoms with Crippen molar-refractivity contribution in [1.82, 2.24) is 0 Å². The van der Waals surface area contributed by atoms with E-state index in [-0.39, 0.29) is 25.2 Å². The van der Waals surface area contributed by atoms with Gasteiger partial charge in [0.25, 0.3) is 0 Å². The number of carbonyl (C=O) groups excluding carboxylic acids is 2. The van der Waals surface area contributed by atoms with Crippen LogP contribution in [0.4, 0.5) is 5.69 Å². The fourth-order valence-electron chi connectivity index (χ4n) is 3.52. The highest BCUT2D eigenvalue weighted by molar-refractivity contribution is 5.89. The molecule has 0 radical (unpaired) electrons. The van der Waals surface area contributed by atoms with Gasteiger partial charge < -0.3 is 24.8 Å². The molecule has 2 aromatic rings. The Morgan fingerprint density at radius 2 is 1.89 bits per heavy atom. The minimum atomic E-state index is -0.391. The van der Waals surface area contributed by atoms with Crippen molar-refractivity contribution >= 4 is 17.6 Å². The third kappa shape index (κ3) is 3.88. The van der Waals surface area contributed by atoms with Gasteiger partial charge in [0.1, 0.15) is 6.61 Å². The van der Waals surface area contributed by atoms with E-state index in [1.807, 2.05) is 24.3 Å². The first-order chi connectivity index (χ1) is 13.6. The SMILES string of the molecule is NC(=O)C1CCCN(c2ccc(C(=O)OCc3ccc4c(c3)OCO4)cc2)C1. The number of carbonyl (C=O) groups is 2. The van der Waals surface area contributed by atoms with Crippen LogP contribution in [0.25, 0.3) is 0 Å². The minimum Gasteiger partial charge on any atom is -0.457 e. The van der Waals surface area contributed by atoms with E-state index in [4.69, 9.17) is 19.9 Å². The Labute approximate surface area is 163 Å². The van der Waals surface area contributed by atoms with Crippen molar-refractivity contribution in [2.45, 2.75) is 19.4 Å². The predicted octanol–water partition coefficient (Wildman–Crippen LogP) is 2.47. The fraction of sp³-hybridized carbons (Fsp3) is 0.333. The number of nitrogens with zero attached hydrogens (tertiary/aromatic N) is 1. The first-order valence-corrected chi connectivity index (χ1v) is 9.30. The lowest BCUT2D eigenvalue weighted by Gasteiger charge is -2.33. The summed E-state index contributed by atoms with van der Waals surface area (Å²) >= 11 is 0. The summed E-state index contributed by atoms with van der Waals surface area (Å²) in [7, 11) is 0. The van der Waals surface area contributed by atoms with E-state index in [0.717, 1.165) is 30.6 Å². The van der Waals surface area contributed by atoms with Crippen molar-refractivity contribution in [1.29, 1.82) is 0 Å². The van der Waals surface area contributed by atoms with Gasteiger partial charge in [0.05, 0.1) is 11.5 Å². The first-order valence-electron chi connectivity index (χ1n) is 9.30. The summed E-state index contributed by atoms with van der Waals surface area (Å²) in [6.45, 7) is 1.85. The van der Waals surface area contributed by atoms with Crippen LogP contribution < -0.4 is 20.1 Å². The van der Waals surface area contributed by atoms with E-state index in [0.29, 0.717) is 23.6 Å². The van der Waals surface area contributed by atoms with Gasteiger partial charge in [-0.2, -0.15) is 0 Å². The number of primary amides is 1. The topological polar surface area (TPSA) is 91.1 Å². The Bertz CT molecular complexity index is 881. The number of benzene rings is 2. The Kier molecular flexibility index (Phi) is 5.06. The molecule has 1 fully saturated rings. The smallest absolute Gasteiger partial charge is 0.338 e. The molecule has 1 saturated heterocycles. The van der Waals surface area contributed by atoms with Crippen LogP contribution in [-0.4, -0.2) is 31.8 Å². The zero-order valence-corrected chi connectivity index (χ0v) is 15.4. The quantitative estimate of drug-likeness (QED) is 0.799. The van der Waals surface area contributed by atoms with Gasteiger partial charge in [-0.15, -0.1) is 0 Å². The second kappa shape index (κ2) is 7.80. The number of hydrogen-bond acceptors (Lipinski definition) is 6. The molecule has 146 valence electrons. The summed E-state index contributed by atoms with van der Waals surface area (Å²) in [5.74, 6) is 0.585. The number of fused-ring (bicyclic) bond motifs is 1. The lowest BCUT2D eigenvalue weighted by atomic mass is 9.97. The van der Waals surface area contributed by atoms with E-state index in [1.54, 1.807) is 18.2 Å². The molecule has 1 amide bonds. The average molecular weight is 382 g/mol. The lowest BCUT2D eigenvalue weighted by molar-refractivity contribution is -0.122. The number of esters is 1. The van der Waals surface area contributed by atoms with Crippen LogP contribution in [0.15, 0.2) is 42.5 Å². The molecule has 7 nitrogen and oxygen atoms in total. The van der Waals surface area contributed by atoms with Gasteiger partial charge in [0.15, 0.2) is 11.5 Å². The molecule has 1 unspecified atom stereocenters. The predicted molar refractivity (Wildman–Crippen MR) is 102 cm³/mol. The average Bonchev–Trinajstić information content (AvgIpc) is 3.20. The summed E-state index contributed by atoms with van der Waals surface area (Å²) in [6.07, 6.45) is 1.75. The van der Waals surface area contributed by atoms with Crippen LogP contribution >= 0.6 is 0 Å². The fourth-order valence-corrected chi connectivity index (χ4v) is 3.52. The number of piperidine rings is 1. The molecule has 28 heavy (non-hydrogen) atoms. The van der Waals surface area contributed by atoms with Crippen LogP contribution in [0, 0.1) is 5.92 Å². The van der Waals surface area contributed by atoms with E-state index < -0.39 is 5.97 Å². The van der Waals surface area contributed by atoms with Crippen molar-refractivity contribution in [3.8, 4) is 11.5 Å². The Morgan fingerprint density at radius 3 is 2.68 bits per heavy atom. The molecule has 0 aliphatic carbocycles. The van der Waals surface area contributed by atoms with Crippen molar-refractivity contribution in [3.63, 3.8) is 0 Å². The molecule has 1 atom stereocenters. The zero-order chi connectivity index (χ0) is 19.5. The summed E-state index contributed by atoms with van der Waals surface area (Å²) < 4.78 is 16.0. The van der Waals surface area contributed by atoms with Crippen LogP contribution in [0.3, 0.4) is 0 Å². The molecule has 0 aromatic heterocycles. The molecule has 0 saturated carbocycles. The zero-order valence-electron chi connectivity index (χ0n) is 15.4. The molecule has 2 heterocycles. The number of anilines is 1. The number of rotatable bonds is 5. The minimum absolute atomic E-state index is 0.125. The molecule has 2 aromatic carbocycles. The van der Waals surface area contributed by atoms with Crippen molar-refractivity contribution < 1.29 is 23.8 Å². The molecule has 2 aliphatic rings. The molecule has 7 heteroatoms. The van der Waals surface area contributed by atoms with Crippen molar-refractivity contribution in [3.05, 3.63) is 53.6 Å². The highest BCUT2D eigenvalue weighted by Crippen LogP contribution is 2.32. The second-order valence-electron chi connectivity index (χ2n) is 7.00. The number of amides is 1. The third-order valence-corrected chi connectivity index (χ3v) is 5.10. The van der Waals surface area contributed by atoms with Crippen LogP contribution in [0.2, 0.25) is 0 Å². The van der Waals surface area contributed by atoms with Gasteiger partial charge in [0, 0.05) is 18.8 Å². The number of nitrogens with two attached hydrogens (primary N) is 1. The van der Waals surface area contributed by atoms with Crippen LogP contribution in [-0.2, 0) is 16.1 Å². The molecule has 4 rings (SSSR count). The van der Waals surface area contributed by atoms with Crippen molar-refractivity contribution in [2.24, 2.45) is 11.7 Å². The second-order valence-corrected chi connectivity index (χ2v) is 7.00. The Hall–Kier alpha value is -3.22. The third-order valence-electron chi connectivity index (χ3n) is 5.10. The van der Waals surface area contributed by atoms with Gasteiger partial charge >= 0.3 is 5.97 Å². The summed E-state index contributed by atoms with van der Waals surface area (Å²) in [5.41, 5.74) is 7.72. The maximum atomic E-state index is 12.3. The van der Waals surface area contributed by atoms with Gasteiger partial charge in [0.2, 0.25) is 12.7 Å². The highest BCUT2D eigenvalue weighted by atomic mass is 16.7. The van der Waals surface area contributed by atoms with Crippen LogP contribution in [0.1, 0.15) is 28.8 Å². The normalized spacial score (nSPS) is 18.0. The Balaban J connectivity index is 1.35. The van der Waals surface area contributed by atoms with E-state index in [2.05, 4.69) is 4.90 Å². The Morgan fingerprint density at radius 1 is 1.11 bits per heavy atom. The standard InChI is InChI=1S/C21H22N2O5/c22-20(24)16-2-1-9-23(11-16)17-6-4-15(5-7-17)21(25)26-12-14-3-8-18-19(10-14)28-13-27-18/h3-8,10,16H,1-2,9,11-13H2,(H2,22,24). The largest absolute Gasteiger partial charge is 0.457 e. The van der Waals surface area contributed by atoms with Crippen LogP contribution in [0.5, 0.6) is 11.5 Å². The van der Waals surface area contributed by atoms with Gasteiger partial charge in [-0.1, -0.05) is 6.07 Å². The number of hydrogen-bond donors (Lipinski definition) is 1. The summed E-state index contributed by atoms with van der Waals surface area (Å²) in [6, 6.07) is 12.7. The molecule has 0 spiro atoms. The molecule has 0 bridgehead atoms. The highest BCUT2D eigenvalue weighted by Gasteiger charge is 2.24. The monoisotopic (exact) mass is 382 g/mol. The molecular weight excluding hydrogens is 360 g/mol. The van der Waals surface area contributed by atoms with Crippen molar-refractivity contribution in [2.75, 3.05) is 24.8 Å². The first kappa shape index (κ1) is 18.2. The van der Waals surface area contributed by atoms with Gasteiger partial charge in [-0.3, -0.25) is 4.79 Å². The summed E-state index contributed by atoms with van der Waals surface area (Å²) in [4.78, 5) is 25.9. The maximum absolute atomic E-state index is 12.3. The lowest BCUT2D eigenvalue weighted by Crippen LogP contribution is -2.41. The molecular formula is C21H22N2O5. The molecule has 2 N–H and O–H groups in total. The molecule has 2 aliphatic heterocycles. The van der Waals surface area contributed by atoms with E-state index >= 15 is 0 Å². The van der Waals surface area contributed by atoms with Gasteiger partial charge in [-0.05, 0) is 54.8 Å².